The lowest BCUT2D eigenvalue weighted by Gasteiger charge is -2.18. The zero-order valence-corrected chi connectivity index (χ0v) is 14.8. The van der Waals surface area contributed by atoms with Crippen LogP contribution in [0.4, 0.5) is 5.13 Å². The first-order valence-electron chi connectivity index (χ1n) is 8.39. The molecule has 1 aliphatic heterocycles. The van der Waals surface area contributed by atoms with Gasteiger partial charge in [-0.2, -0.15) is 0 Å². The van der Waals surface area contributed by atoms with E-state index in [9.17, 15) is 4.79 Å². The van der Waals surface area contributed by atoms with Crippen molar-refractivity contribution in [3.8, 4) is 0 Å². The summed E-state index contributed by atoms with van der Waals surface area (Å²) in [5, 5.41) is 12.4. The fraction of sp³-hybridized carbons (Fsp3) is 0.625. The summed E-state index contributed by atoms with van der Waals surface area (Å²) in [7, 11) is 0. The van der Waals surface area contributed by atoms with E-state index in [2.05, 4.69) is 34.3 Å². The maximum absolute atomic E-state index is 12.3. The zero-order chi connectivity index (χ0) is 16.9. The molecule has 1 saturated heterocycles. The Hall–Kier alpha value is -1.80. The van der Waals surface area contributed by atoms with Crippen LogP contribution in [0.15, 0.2) is 10.7 Å². The van der Waals surface area contributed by atoms with Crippen molar-refractivity contribution in [2.24, 2.45) is 0 Å². The summed E-state index contributed by atoms with van der Waals surface area (Å²) in [5.74, 6) is 0.909. The SMILES string of the molecule is CCC(CC)c1nnc(NC(=O)c2coc(C3CCOCC3)n2)s1. The number of aromatic nitrogens is 3. The van der Waals surface area contributed by atoms with Crippen LogP contribution in [-0.4, -0.2) is 34.3 Å². The Morgan fingerprint density at radius 2 is 2.08 bits per heavy atom. The van der Waals surface area contributed by atoms with Crippen LogP contribution < -0.4 is 5.32 Å². The first kappa shape index (κ1) is 17.0. The average molecular weight is 350 g/mol. The highest BCUT2D eigenvalue weighted by atomic mass is 32.1. The van der Waals surface area contributed by atoms with Gasteiger partial charge in [0.05, 0.1) is 0 Å². The first-order chi connectivity index (χ1) is 11.7. The van der Waals surface area contributed by atoms with Gasteiger partial charge in [0.2, 0.25) is 5.13 Å². The molecule has 0 aliphatic carbocycles. The fourth-order valence-corrected chi connectivity index (χ4v) is 3.78. The maximum Gasteiger partial charge on any atom is 0.279 e. The van der Waals surface area contributed by atoms with Crippen molar-refractivity contribution in [3.05, 3.63) is 22.9 Å². The van der Waals surface area contributed by atoms with Gasteiger partial charge in [-0.3, -0.25) is 10.1 Å². The van der Waals surface area contributed by atoms with Crippen molar-refractivity contribution in [3.63, 3.8) is 0 Å². The van der Waals surface area contributed by atoms with Crippen LogP contribution in [0.5, 0.6) is 0 Å². The van der Waals surface area contributed by atoms with Gasteiger partial charge in [0, 0.05) is 25.0 Å². The minimum atomic E-state index is -0.315. The van der Waals surface area contributed by atoms with Gasteiger partial charge < -0.3 is 9.15 Å². The summed E-state index contributed by atoms with van der Waals surface area (Å²) in [6.45, 7) is 5.67. The lowest BCUT2D eigenvalue weighted by atomic mass is 10.0. The molecule has 24 heavy (non-hydrogen) atoms. The second-order valence-electron chi connectivity index (χ2n) is 5.87. The predicted octanol–water partition coefficient (Wildman–Crippen LogP) is 3.58. The smallest absolute Gasteiger partial charge is 0.279 e. The van der Waals surface area contributed by atoms with E-state index in [-0.39, 0.29) is 17.5 Å². The van der Waals surface area contributed by atoms with Crippen molar-refractivity contribution < 1.29 is 13.9 Å². The van der Waals surface area contributed by atoms with E-state index in [1.165, 1.54) is 17.6 Å². The van der Waals surface area contributed by atoms with Crippen LogP contribution in [0.1, 0.15) is 72.8 Å². The molecule has 1 aliphatic rings. The van der Waals surface area contributed by atoms with Crippen LogP contribution in [0.25, 0.3) is 0 Å². The molecule has 7 nitrogen and oxygen atoms in total. The lowest BCUT2D eigenvalue weighted by molar-refractivity contribution is 0.0794. The van der Waals surface area contributed by atoms with Gasteiger partial charge in [0.15, 0.2) is 11.6 Å². The van der Waals surface area contributed by atoms with Crippen LogP contribution in [0.3, 0.4) is 0 Å². The van der Waals surface area contributed by atoms with Crippen LogP contribution >= 0.6 is 11.3 Å². The molecule has 0 radical (unpaired) electrons. The van der Waals surface area contributed by atoms with Crippen molar-refractivity contribution in [2.75, 3.05) is 18.5 Å². The maximum atomic E-state index is 12.3. The van der Waals surface area contributed by atoms with E-state index >= 15 is 0 Å². The highest BCUT2D eigenvalue weighted by Crippen LogP contribution is 2.29. The Morgan fingerprint density at radius 1 is 1.33 bits per heavy atom. The quantitative estimate of drug-likeness (QED) is 0.856. The molecular weight excluding hydrogens is 328 g/mol. The fourth-order valence-electron chi connectivity index (χ4n) is 2.77. The van der Waals surface area contributed by atoms with Crippen molar-refractivity contribution in [1.29, 1.82) is 0 Å². The van der Waals surface area contributed by atoms with E-state index in [1.807, 2.05) is 0 Å². The molecule has 0 atom stereocenters. The number of hydrogen-bond donors (Lipinski definition) is 1. The first-order valence-corrected chi connectivity index (χ1v) is 9.20. The summed E-state index contributed by atoms with van der Waals surface area (Å²) in [5.41, 5.74) is 0.274. The van der Waals surface area contributed by atoms with E-state index < -0.39 is 0 Å². The highest BCUT2D eigenvalue weighted by molar-refractivity contribution is 7.15. The zero-order valence-electron chi connectivity index (χ0n) is 13.9. The van der Waals surface area contributed by atoms with Gasteiger partial charge in [-0.25, -0.2) is 4.98 Å². The number of hydrogen-bond acceptors (Lipinski definition) is 7. The largest absolute Gasteiger partial charge is 0.448 e. The Balaban J connectivity index is 1.64. The minimum Gasteiger partial charge on any atom is -0.448 e. The molecule has 1 fully saturated rings. The van der Waals surface area contributed by atoms with Gasteiger partial charge in [-0.1, -0.05) is 25.2 Å². The number of carbonyl (C=O) groups excluding carboxylic acids is 1. The molecule has 3 heterocycles. The number of carbonyl (C=O) groups is 1. The standard InChI is InChI=1S/C16H22N4O3S/c1-3-10(4-2)15-19-20-16(24-15)18-13(21)12-9-23-14(17-12)11-5-7-22-8-6-11/h9-11H,3-8H2,1-2H3,(H,18,20,21). The number of anilines is 1. The topological polar surface area (TPSA) is 90.1 Å². The Bertz CT molecular complexity index is 674. The molecule has 3 rings (SSSR count). The number of rotatable bonds is 6. The molecule has 0 aromatic carbocycles. The molecule has 0 saturated carbocycles. The molecule has 8 heteroatoms. The summed E-state index contributed by atoms with van der Waals surface area (Å²) >= 11 is 1.42. The summed E-state index contributed by atoms with van der Waals surface area (Å²) in [6, 6.07) is 0. The minimum absolute atomic E-state index is 0.225. The number of oxazole rings is 1. The molecule has 0 unspecified atom stereocenters. The second kappa shape index (κ2) is 7.85. The molecular formula is C16H22N4O3S. The van der Waals surface area contributed by atoms with E-state index in [4.69, 9.17) is 9.15 Å². The number of nitrogens with one attached hydrogen (secondary N) is 1. The van der Waals surface area contributed by atoms with E-state index in [0.717, 1.165) is 30.7 Å². The van der Waals surface area contributed by atoms with Gasteiger partial charge in [-0.15, -0.1) is 10.2 Å². The Labute approximate surface area is 144 Å². The van der Waals surface area contributed by atoms with Crippen molar-refractivity contribution in [1.82, 2.24) is 15.2 Å². The predicted molar refractivity (Wildman–Crippen MR) is 90.5 cm³/mol. The Kier molecular flexibility index (Phi) is 5.57. The Morgan fingerprint density at radius 3 is 2.79 bits per heavy atom. The van der Waals surface area contributed by atoms with Gasteiger partial charge in [-0.05, 0) is 25.7 Å². The summed E-state index contributed by atoms with van der Waals surface area (Å²) in [4.78, 5) is 16.6. The van der Waals surface area contributed by atoms with E-state index in [0.29, 0.717) is 30.2 Å². The molecule has 2 aromatic heterocycles. The normalized spacial score (nSPS) is 15.8. The molecule has 130 valence electrons. The monoisotopic (exact) mass is 350 g/mol. The molecule has 1 amide bonds. The number of ether oxygens (including phenoxy) is 1. The van der Waals surface area contributed by atoms with Crippen LogP contribution in [0, 0.1) is 0 Å². The second-order valence-corrected chi connectivity index (χ2v) is 6.88. The highest BCUT2D eigenvalue weighted by Gasteiger charge is 2.23. The van der Waals surface area contributed by atoms with Crippen LogP contribution in [0.2, 0.25) is 0 Å². The molecule has 0 bridgehead atoms. The number of nitrogens with zero attached hydrogens (tertiary/aromatic N) is 3. The average Bonchev–Trinajstić information content (AvgIpc) is 3.27. The van der Waals surface area contributed by atoms with Crippen LogP contribution in [-0.2, 0) is 4.74 Å². The van der Waals surface area contributed by atoms with E-state index in [1.54, 1.807) is 0 Å². The van der Waals surface area contributed by atoms with Crippen molar-refractivity contribution in [2.45, 2.75) is 51.4 Å². The third-order valence-corrected chi connectivity index (χ3v) is 5.32. The van der Waals surface area contributed by atoms with Gasteiger partial charge >= 0.3 is 0 Å². The van der Waals surface area contributed by atoms with Crippen molar-refractivity contribution >= 4 is 22.4 Å². The molecule has 0 spiro atoms. The third-order valence-electron chi connectivity index (χ3n) is 4.32. The van der Waals surface area contributed by atoms with Gasteiger partial charge in [0.25, 0.3) is 5.91 Å². The summed E-state index contributed by atoms with van der Waals surface area (Å²) in [6.07, 6.45) is 5.17. The molecule has 2 aromatic rings. The summed E-state index contributed by atoms with van der Waals surface area (Å²) < 4.78 is 10.8. The third kappa shape index (κ3) is 3.81. The van der Waals surface area contributed by atoms with Gasteiger partial charge in [0.1, 0.15) is 11.3 Å². The number of amides is 1. The lowest BCUT2D eigenvalue weighted by Crippen LogP contribution is -2.15. The molecule has 1 N–H and O–H groups in total.